The van der Waals surface area contributed by atoms with Gasteiger partial charge in [-0.05, 0) is 49.7 Å². The van der Waals surface area contributed by atoms with Crippen LogP contribution in [-0.4, -0.2) is 34.0 Å². The summed E-state index contributed by atoms with van der Waals surface area (Å²) in [5.74, 6) is 0.952. The van der Waals surface area contributed by atoms with Gasteiger partial charge in [-0.25, -0.2) is 4.79 Å². The van der Waals surface area contributed by atoms with Crippen LogP contribution in [0.5, 0.6) is 0 Å². The third-order valence-electron chi connectivity index (χ3n) is 5.08. The van der Waals surface area contributed by atoms with Crippen molar-refractivity contribution in [1.82, 2.24) is 9.88 Å². The number of benzene rings is 1. The van der Waals surface area contributed by atoms with Crippen LogP contribution < -0.4 is 0 Å². The largest absolute Gasteiger partial charge is 0.478 e. The van der Waals surface area contributed by atoms with Gasteiger partial charge >= 0.3 is 5.97 Å². The van der Waals surface area contributed by atoms with Gasteiger partial charge < -0.3 is 9.52 Å². The van der Waals surface area contributed by atoms with Crippen molar-refractivity contribution in [3.63, 3.8) is 0 Å². The zero-order chi connectivity index (χ0) is 18.6. The zero-order valence-electron chi connectivity index (χ0n) is 15.0. The summed E-state index contributed by atoms with van der Waals surface area (Å²) in [6, 6.07) is 16.8. The Hall–Kier alpha value is -2.92. The van der Waals surface area contributed by atoms with Crippen LogP contribution in [0.15, 0.2) is 65.2 Å². The molecule has 0 spiro atoms. The number of piperidine rings is 1. The van der Waals surface area contributed by atoms with Crippen molar-refractivity contribution < 1.29 is 14.3 Å². The summed E-state index contributed by atoms with van der Waals surface area (Å²) in [6.07, 6.45) is 4.15. The lowest BCUT2D eigenvalue weighted by Crippen LogP contribution is -2.34. The number of nitrogens with zero attached hydrogens (tertiary/aromatic N) is 2. The van der Waals surface area contributed by atoms with E-state index in [-0.39, 0.29) is 5.56 Å². The van der Waals surface area contributed by atoms with Gasteiger partial charge in [0, 0.05) is 29.9 Å². The molecular formula is C22H22N2O3. The van der Waals surface area contributed by atoms with Gasteiger partial charge in [0.15, 0.2) is 0 Å². The van der Waals surface area contributed by atoms with Crippen molar-refractivity contribution in [2.75, 3.05) is 13.1 Å². The van der Waals surface area contributed by atoms with Crippen molar-refractivity contribution in [2.24, 2.45) is 0 Å². The van der Waals surface area contributed by atoms with Crippen LogP contribution in [0, 0.1) is 0 Å². The number of aromatic carboxylic acids is 1. The van der Waals surface area contributed by atoms with Crippen LogP contribution in [0.25, 0.3) is 11.3 Å². The molecule has 1 aliphatic heterocycles. The fourth-order valence-corrected chi connectivity index (χ4v) is 3.77. The molecule has 1 aromatic carbocycles. The maximum absolute atomic E-state index is 11.4. The second-order valence-corrected chi connectivity index (χ2v) is 6.95. The topological polar surface area (TPSA) is 66.6 Å². The number of carbonyl (C=O) groups is 1. The summed E-state index contributed by atoms with van der Waals surface area (Å²) in [7, 11) is 0. The molecule has 5 nitrogen and oxygen atoms in total. The number of rotatable bonds is 5. The van der Waals surface area contributed by atoms with E-state index in [9.17, 15) is 9.90 Å². The first kappa shape index (κ1) is 17.5. The molecule has 0 amide bonds. The molecule has 4 rings (SSSR count). The van der Waals surface area contributed by atoms with E-state index in [2.05, 4.69) is 16.0 Å². The molecule has 138 valence electrons. The first-order valence-electron chi connectivity index (χ1n) is 9.25. The maximum Gasteiger partial charge on any atom is 0.336 e. The normalized spacial score (nSPS) is 17.7. The monoisotopic (exact) mass is 362 g/mol. The third-order valence-corrected chi connectivity index (χ3v) is 5.08. The molecule has 1 aliphatic rings. The Bertz CT molecular complexity index is 920. The van der Waals surface area contributed by atoms with Crippen molar-refractivity contribution in [1.29, 1.82) is 0 Å². The molecule has 0 bridgehead atoms. The molecular weight excluding hydrogens is 340 g/mol. The summed E-state index contributed by atoms with van der Waals surface area (Å²) in [6.45, 7) is 2.71. The number of likely N-dealkylation sites (tertiary alicyclic amines) is 1. The van der Waals surface area contributed by atoms with E-state index in [1.165, 1.54) is 0 Å². The van der Waals surface area contributed by atoms with E-state index >= 15 is 0 Å². The van der Waals surface area contributed by atoms with Gasteiger partial charge in [0.2, 0.25) is 0 Å². The van der Waals surface area contributed by atoms with Crippen LogP contribution in [0.1, 0.15) is 40.6 Å². The molecule has 1 atom stereocenters. The highest BCUT2D eigenvalue weighted by Gasteiger charge is 2.23. The molecule has 27 heavy (non-hydrogen) atoms. The number of aromatic nitrogens is 1. The molecule has 3 aromatic rings. The van der Waals surface area contributed by atoms with Gasteiger partial charge in [-0.15, -0.1) is 0 Å². The average Bonchev–Trinajstić information content (AvgIpc) is 3.17. The van der Waals surface area contributed by atoms with Gasteiger partial charge in [-0.1, -0.05) is 24.3 Å². The Morgan fingerprint density at radius 2 is 2.00 bits per heavy atom. The molecule has 1 N–H and O–H groups in total. The minimum absolute atomic E-state index is 0.256. The molecule has 1 saturated heterocycles. The Morgan fingerprint density at radius 3 is 2.81 bits per heavy atom. The smallest absolute Gasteiger partial charge is 0.336 e. The van der Waals surface area contributed by atoms with Gasteiger partial charge in [0.1, 0.15) is 11.5 Å². The quantitative estimate of drug-likeness (QED) is 0.728. The first-order valence-corrected chi connectivity index (χ1v) is 9.25. The summed E-state index contributed by atoms with van der Waals surface area (Å²) in [5, 5.41) is 9.38. The number of furan rings is 1. The van der Waals surface area contributed by atoms with Crippen molar-refractivity contribution in [3.05, 3.63) is 77.8 Å². The Labute approximate surface area is 158 Å². The summed E-state index contributed by atoms with van der Waals surface area (Å²) < 4.78 is 5.98. The first-order chi connectivity index (χ1) is 13.2. The molecule has 1 unspecified atom stereocenters. The van der Waals surface area contributed by atoms with Gasteiger partial charge in [0.25, 0.3) is 0 Å². The van der Waals surface area contributed by atoms with Crippen LogP contribution in [-0.2, 0) is 6.54 Å². The minimum Gasteiger partial charge on any atom is -0.478 e. The summed E-state index contributed by atoms with van der Waals surface area (Å²) in [5.41, 5.74) is 2.02. The summed E-state index contributed by atoms with van der Waals surface area (Å²) >= 11 is 0. The zero-order valence-corrected chi connectivity index (χ0v) is 15.0. The average molecular weight is 362 g/mol. The fourth-order valence-electron chi connectivity index (χ4n) is 3.77. The maximum atomic E-state index is 11.4. The number of hydrogen-bond donors (Lipinski definition) is 1. The van der Waals surface area contributed by atoms with Crippen LogP contribution >= 0.6 is 0 Å². The van der Waals surface area contributed by atoms with Crippen molar-refractivity contribution in [3.8, 4) is 11.3 Å². The lowest BCUT2D eigenvalue weighted by atomic mass is 9.94. The minimum atomic E-state index is -0.946. The summed E-state index contributed by atoms with van der Waals surface area (Å²) in [4.78, 5) is 18.3. The number of hydrogen-bond acceptors (Lipinski definition) is 4. The highest BCUT2D eigenvalue weighted by Crippen LogP contribution is 2.29. The van der Waals surface area contributed by atoms with E-state index in [1.54, 1.807) is 18.2 Å². The molecule has 0 saturated carbocycles. The molecule has 5 heteroatoms. The standard InChI is InChI=1S/C22H22N2O3/c25-22(26)19-8-2-1-7-18(19)21-11-10-17(27-21)15-24-13-5-6-16(14-24)20-9-3-4-12-23-20/h1-4,7-12,16H,5-6,13-15H2,(H,25,26). The number of carboxylic acids is 1. The number of carboxylic acid groups (broad SMARTS) is 1. The second kappa shape index (κ2) is 7.76. The molecule has 2 aromatic heterocycles. The second-order valence-electron chi connectivity index (χ2n) is 6.95. The van der Waals surface area contributed by atoms with Crippen LogP contribution in [0.3, 0.4) is 0 Å². The van der Waals surface area contributed by atoms with Gasteiger partial charge in [-0.3, -0.25) is 9.88 Å². The Balaban J connectivity index is 1.48. The SMILES string of the molecule is O=C(O)c1ccccc1-c1ccc(CN2CCCC(c3ccccn3)C2)o1. The van der Waals surface area contributed by atoms with E-state index in [0.29, 0.717) is 17.2 Å². The van der Waals surface area contributed by atoms with E-state index in [4.69, 9.17) is 4.42 Å². The highest BCUT2D eigenvalue weighted by molar-refractivity contribution is 5.95. The molecule has 0 radical (unpaired) electrons. The van der Waals surface area contributed by atoms with Crippen molar-refractivity contribution in [2.45, 2.75) is 25.3 Å². The predicted molar refractivity (Wildman–Crippen MR) is 103 cm³/mol. The fraction of sp³-hybridized carbons (Fsp3) is 0.273. The predicted octanol–water partition coefficient (Wildman–Crippen LogP) is 4.42. The number of pyridine rings is 1. The molecule has 1 fully saturated rings. The van der Waals surface area contributed by atoms with Crippen molar-refractivity contribution >= 4 is 5.97 Å². The van der Waals surface area contributed by atoms with Gasteiger partial charge in [0.05, 0.1) is 12.1 Å². The third kappa shape index (κ3) is 3.93. The lowest BCUT2D eigenvalue weighted by molar-refractivity contribution is 0.0697. The van der Waals surface area contributed by atoms with Crippen LogP contribution in [0.2, 0.25) is 0 Å². The van der Waals surface area contributed by atoms with Crippen LogP contribution in [0.4, 0.5) is 0 Å². The highest BCUT2D eigenvalue weighted by atomic mass is 16.4. The van der Waals surface area contributed by atoms with E-state index in [1.807, 2.05) is 36.5 Å². The lowest BCUT2D eigenvalue weighted by Gasteiger charge is -2.31. The Kier molecular flexibility index (Phi) is 5.03. The van der Waals surface area contributed by atoms with E-state index < -0.39 is 5.97 Å². The van der Waals surface area contributed by atoms with Gasteiger partial charge in [-0.2, -0.15) is 0 Å². The van der Waals surface area contributed by atoms with E-state index in [0.717, 1.165) is 43.9 Å². The Morgan fingerprint density at radius 1 is 1.15 bits per heavy atom. The molecule has 0 aliphatic carbocycles. The molecule has 3 heterocycles.